The van der Waals surface area contributed by atoms with Crippen molar-refractivity contribution in [1.29, 1.82) is 0 Å². The first-order chi connectivity index (χ1) is 11.4. The van der Waals surface area contributed by atoms with Crippen molar-refractivity contribution >= 4 is 16.1 Å². The molecular formula is C17H25N3O3S. The highest BCUT2D eigenvalue weighted by molar-refractivity contribution is 7.86. The molecule has 0 saturated carbocycles. The van der Waals surface area contributed by atoms with Crippen LogP contribution in [0.15, 0.2) is 24.3 Å². The summed E-state index contributed by atoms with van der Waals surface area (Å²) < 4.78 is 26.9. The van der Waals surface area contributed by atoms with E-state index in [4.69, 9.17) is 0 Å². The molecule has 1 amide bonds. The average molecular weight is 351 g/mol. The molecule has 1 atom stereocenters. The Morgan fingerprint density at radius 2 is 1.83 bits per heavy atom. The van der Waals surface area contributed by atoms with Crippen LogP contribution in [0.5, 0.6) is 0 Å². The van der Waals surface area contributed by atoms with Crippen molar-refractivity contribution in [3.05, 3.63) is 35.4 Å². The van der Waals surface area contributed by atoms with E-state index in [1.54, 1.807) is 0 Å². The maximum atomic E-state index is 12.6. The number of benzene rings is 1. The van der Waals surface area contributed by atoms with E-state index in [0.29, 0.717) is 38.5 Å². The van der Waals surface area contributed by atoms with Crippen LogP contribution in [0.4, 0.5) is 0 Å². The lowest BCUT2D eigenvalue weighted by atomic mass is 9.97. The Balaban J connectivity index is 1.57. The molecule has 0 unspecified atom stereocenters. The van der Waals surface area contributed by atoms with E-state index in [9.17, 15) is 13.2 Å². The Morgan fingerprint density at radius 3 is 2.50 bits per heavy atom. The van der Waals surface area contributed by atoms with Crippen LogP contribution in [-0.4, -0.2) is 68.1 Å². The van der Waals surface area contributed by atoms with E-state index >= 15 is 0 Å². The summed E-state index contributed by atoms with van der Waals surface area (Å²) in [7, 11) is -0.318. The van der Waals surface area contributed by atoms with E-state index in [2.05, 4.69) is 12.1 Å². The number of carbonyl (C=O) groups excluding carboxylic acids is 1. The monoisotopic (exact) mass is 351 g/mol. The number of amides is 1. The molecule has 24 heavy (non-hydrogen) atoms. The maximum Gasteiger partial charge on any atom is 0.281 e. The Morgan fingerprint density at radius 1 is 1.17 bits per heavy atom. The highest BCUT2D eigenvalue weighted by Gasteiger charge is 2.32. The largest absolute Gasteiger partial charge is 0.340 e. The van der Waals surface area contributed by atoms with Gasteiger partial charge in [0.15, 0.2) is 0 Å². The number of carbonyl (C=O) groups is 1. The number of hydrogen-bond acceptors (Lipinski definition) is 3. The van der Waals surface area contributed by atoms with E-state index in [1.807, 2.05) is 17.0 Å². The summed E-state index contributed by atoms with van der Waals surface area (Å²) >= 11 is 0. The molecule has 132 valence electrons. The summed E-state index contributed by atoms with van der Waals surface area (Å²) in [6.45, 7) is 1.68. The van der Waals surface area contributed by atoms with Crippen molar-refractivity contribution in [1.82, 2.24) is 13.5 Å². The summed E-state index contributed by atoms with van der Waals surface area (Å²) in [6, 6.07) is 8.35. The summed E-state index contributed by atoms with van der Waals surface area (Å²) in [4.78, 5) is 14.4. The summed E-state index contributed by atoms with van der Waals surface area (Å²) in [6.07, 6.45) is 2.60. The van der Waals surface area contributed by atoms with E-state index in [0.717, 1.165) is 12.8 Å². The Hall–Kier alpha value is -1.44. The highest BCUT2D eigenvalue weighted by atomic mass is 32.2. The predicted molar refractivity (Wildman–Crippen MR) is 92.9 cm³/mol. The van der Waals surface area contributed by atoms with Crippen molar-refractivity contribution < 1.29 is 13.2 Å². The number of fused-ring (bicyclic) bond motifs is 1. The number of rotatable bonds is 4. The number of aryl methyl sites for hydroxylation is 1. The van der Waals surface area contributed by atoms with Crippen LogP contribution in [0.2, 0.25) is 0 Å². The van der Waals surface area contributed by atoms with Gasteiger partial charge in [-0.15, -0.1) is 0 Å². The highest BCUT2D eigenvalue weighted by Crippen LogP contribution is 2.35. The topological polar surface area (TPSA) is 60.9 Å². The Labute approximate surface area is 144 Å². The molecule has 1 saturated heterocycles. The van der Waals surface area contributed by atoms with Gasteiger partial charge < -0.3 is 4.90 Å². The smallest absolute Gasteiger partial charge is 0.281 e. The van der Waals surface area contributed by atoms with Gasteiger partial charge in [0.1, 0.15) is 0 Å². The first-order valence-electron chi connectivity index (χ1n) is 8.43. The van der Waals surface area contributed by atoms with E-state index in [1.165, 1.54) is 33.8 Å². The molecule has 1 aromatic rings. The fourth-order valence-corrected chi connectivity index (χ4v) is 4.68. The lowest BCUT2D eigenvalue weighted by Crippen LogP contribution is -2.53. The van der Waals surface area contributed by atoms with Crippen molar-refractivity contribution in [3.63, 3.8) is 0 Å². The van der Waals surface area contributed by atoms with Gasteiger partial charge in [0.2, 0.25) is 5.91 Å². The van der Waals surface area contributed by atoms with E-state index in [-0.39, 0.29) is 5.91 Å². The molecule has 2 aliphatic rings. The van der Waals surface area contributed by atoms with Crippen LogP contribution in [-0.2, 0) is 21.4 Å². The van der Waals surface area contributed by atoms with Gasteiger partial charge >= 0.3 is 0 Å². The Kier molecular flexibility index (Phi) is 4.94. The minimum atomic E-state index is -3.38. The SMILES string of the molecule is CN(C)S(=O)(=O)N1CCN(C(=O)C[C@@H]2CCc3ccccc32)CC1. The van der Waals surface area contributed by atoms with E-state index < -0.39 is 10.2 Å². The molecule has 1 heterocycles. The minimum absolute atomic E-state index is 0.138. The summed E-state index contributed by atoms with van der Waals surface area (Å²) in [5.74, 6) is 0.441. The van der Waals surface area contributed by atoms with Gasteiger partial charge in [-0.2, -0.15) is 17.0 Å². The molecule has 0 radical (unpaired) electrons. The number of hydrogen-bond donors (Lipinski definition) is 0. The zero-order chi connectivity index (χ0) is 17.3. The minimum Gasteiger partial charge on any atom is -0.340 e. The van der Waals surface area contributed by atoms with Gasteiger partial charge in [-0.25, -0.2) is 0 Å². The van der Waals surface area contributed by atoms with Gasteiger partial charge in [0.25, 0.3) is 10.2 Å². The van der Waals surface area contributed by atoms with Gasteiger partial charge in [0.05, 0.1) is 0 Å². The second kappa shape index (κ2) is 6.82. The van der Waals surface area contributed by atoms with Crippen LogP contribution in [0.25, 0.3) is 0 Å². The molecule has 1 aromatic carbocycles. The molecule has 1 aliphatic heterocycles. The average Bonchev–Trinajstić information content (AvgIpc) is 2.98. The first kappa shape index (κ1) is 17.4. The van der Waals surface area contributed by atoms with Crippen LogP contribution >= 0.6 is 0 Å². The van der Waals surface area contributed by atoms with Crippen molar-refractivity contribution in [2.24, 2.45) is 0 Å². The van der Waals surface area contributed by atoms with Crippen LogP contribution in [0.3, 0.4) is 0 Å². The molecule has 0 aromatic heterocycles. The molecule has 0 N–H and O–H groups in total. The summed E-state index contributed by atoms with van der Waals surface area (Å²) in [5.41, 5.74) is 2.66. The van der Waals surface area contributed by atoms with Crippen molar-refractivity contribution in [2.45, 2.75) is 25.2 Å². The number of nitrogens with zero attached hydrogens (tertiary/aromatic N) is 3. The molecule has 0 spiro atoms. The van der Waals surface area contributed by atoms with Gasteiger partial charge in [-0.3, -0.25) is 4.79 Å². The predicted octanol–water partition coefficient (Wildman–Crippen LogP) is 1.06. The van der Waals surface area contributed by atoms with Crippen LogP contribution in [0.1, 0.15) is 29.9 Å². The first-order valence-corrected chi connectivity index (χ1v) is 9.82. The lowest BCUT2D eigenvalue weighted by molar-refractivity contribution is -0.132. The second-order valence-electron chi connectivity index (χ2n) is 6.71. The molecule has 7 heteroatoms. The van der Waals surface area contributed by atoms with Crippen LogP contribution in [0, 0.1) is 0 Å². The molecule has 1 aliphatic carbocycles. The molecule has 1 fully saturated rings. The zero-order valence-electron chi connectivity index (χ0n) is 14.3. The lowest BCUT2D eigenvalue weighted by Gasteiger charge is -2.35. The van der Waals surface area contributed by atoms with Gasteiger partial charge in [-0.1, -0.05) is 24.3 Å². The zero-order valence-corrected chi connectivity index (χ0v) is 15.1. The molecule has 6 nitrogen and oxygen atoms in total. The molecule has 0 bridgehead atoms. The quantitative estimate of drug-likeness (QED) is 0.815. The van der Waals surface area contributed by atoms with Crippen molar-refractivity contribution in [3.8, 4) is 0 Å². The van der Waals surface area contributed by atoms with Gasteiger partial charge in [0, 0.05) is 46.7 Å². The number of piperazine rings is 1. The maximum absolute atomic E-state index is 12.6. The fourth-order valence-electron chi connectivity index (χ4n) is 3.60. The Bertz CT molecular complexity index is 710. The standard InChI is InChI=1S/C17H25N3O3S/c1-18(2)24(22,23)20-11-9-19(10-12-20)17(21)13-15-8-7-14-5-3-4-6-16(14)15/h3-6,15H,7-13H2,1-2H3/t15-/m0/s1. The summed E-state index contributed by atoms with van der Waals surface area (Å²) in [5, 5.41) is 0. The van der Waals surface area contributed by atoms with Crippen LogP contribution < -0.4 is 0 Å². The third kappa shape index (κ3) is 3.34. The third-order valence-electron chi connectivity index (χ3n) is 5.06. The third-order valence-corrected chi connectivity index (χ3v) is 7.00. The molecule has 3 rings (SSSR count). The van der Waals surface area contributed by atoms with Gasteiger partial charge in [-0.05, 0) is 29.9 Å². The second-order valence-corrected chi connectivity index (χ2v) is 8.85. The molecular weight excluding hydrogens is 326 g/mol. The fraction of sp³-hybridized carbons (Fsp3) is 0.588. The van der Waals surface area contributed by atoms with Crippen molar-refractivity contribution in [2.75, 3.05) is 40.3 Å². The normalized spacial score (nSPS) is 22.0.